The van der Waals surface area contributed by atoms with Crippen LogP contribution < -0.4 is 5.32 Å². The molecule has 0 fully saturated rings. The molecule has 0 aliphatic heterocycles. The van der Waals surface area contributed by atoms with E-state index in [0.717, 1.165) is 30.5 Å². The third-order valence-corrected chi connectivity index (χ3v) is 2.45. The number of nitrogens with zero attached hydrogens (tertiary/aromatic N) is 1. The number of carbonyl (C=O) groups excluding carboxylic acids is 1. The number of hydrogen-bond acceptors (Lipinski definition) is 3. The maximum atomic E-state index is 13.6. The molecule has 0 atom stereocenters. The molecule has 5 nitrogen and oxygen atoms in total. The summed E-state index contributed by atoms with van der Waals surface area (Å²) in [5.41, 5.74) is -0.466. The van der Waals surface area contributed by atoms with Crippen molar-refractivity contribution in [3.8, 4) is 0 Å². The van der Waals surface area contributed by atoms with Crippen LogP contribution in [0.1, 0.15) is 20.7 Å². The second kappa shape index (κ2) is 5.43. The Morgan fingerprint density at radius 3 is 2.45 bits per heavy atom. The van der Waals surface area contributed by atoms with E-state index in [1.165, 1.54) is 6.07 Å². The minimum Gasteiger partial charge on any atom is -0.478 e. The summed E-state index contributed by atoms with van der Waals surface area (Å²) in [6, 6.07) is 5.22. The highest BCUT2D eigenvalue weighted by Gasteiger charge is 2.12. The fourth-order valence-electron chi connectivity index (χ4n) is 1.49. The number of nitrogens with one attached hydrogen (secondary N) is 1. The van der Waals surface area contributed by atoms with Crippen LogP contribution >= 0.6 is 0 Å². The first-order valence-electron chi connectivity index (χ1n) is 5.43. The normalized spacial score (nSPS) is 10.1. The zero-order valence-electron chi connectivity index (χ0n) is 9.93. The number of carboxylic acids is 1. The third kappa shape index (κ3) is 2.94. The van der Waals surface area contributed by atoms with Gasteiger partial charge in [-0.05, 0) is 24.3 Å². The monoisotopic (exact) mass is 278 g/mol. The van der Waals surface area contributed by atoms with Gasteiger partial charge in [-0.1, -0.05) is 0 Å². The van der Waals surface area contributed by atoms with Gasteiger partial charge in [-0.25, -0.2) is 14.2 Å². The summed E-state index contributed by atoms with van der Waals surface area (Å²) in [4.78, 5) is 25.7. The van der Waals surface area contributed by atoms with Gasteiger partial charge in [-0.3, -0.25) is 4.79 Å². The first-order valence-corrected chi connectivity index (χ1v) is 5.43. The molecule has 102 valence electrons. The van der Waals surface area contributed by atoms with Gasteiger partial charge in [0, 0.05) is 17.8 Å². The van der Waals surface area contributed by atoms with Crippen molar-refractivity contribution in [2.45, 2.75) is 0 Å². The third-order valence-electron chi connectivity index (χ3n) is 2.45. The van der Waals surface area contributed by atoms with E-state index in [9.17, 15) is 18.4 Å². The molecule has 0 bridgehead atoms. The van der Waals surface area contributed by atoms with Gasteiger partial charge in [-0.15, -0.1) is 0 Å². The molecule has 1 aromatic heterocycles. The summed E-state index contributed by atoms with van der Waals surface area (Å²) < 4.78 is 26.5. The number of anilines is 1. The quantitative estimate of drug-likeness (QED) is 0.844. The lowest BCUT2D eigenvalue weighted by Crippen LogP contribution is -2.14. The largest absolute Gasteiger partial charge is 0.478 e. The molecule has 0 saturated carbocycles. The van der Waals surface area contributed by atoms with E-state index in [4.69, 9.17) is 5.11 Å². The van der Waals surface area contributed by atoms with Crippen molar-refractivity contribution in [1.29, 1.82) is 0 Å². The summed E-state index contributed by atoms with van der Waals surface area (Å²) in [7, 11) is 0. The lowest BCUT2D eigenvalue weighted by atomic mass is 10.2. The summed E-state index contributed by atoms with van der Waals surface area (Å²) in [6.45, 7) is 0. The molecule has 2 N–H and O–H groups in total. The number of pyridine rings is 1. The van der Waals surface area contributed by atoms with E-state index < -0.39 is 23.6 Å². The van der Waals surface area contributed by atoms with Crippen molar-refractivity contribution in [2.24, 2.45) is 0 Å². The van der Waals surface area contributed by atoms with Gasteiger partial charge >= 0.3 is 5.97 Å². The topological polar surface area (TPSA) is 79.3 Å². The smallest absolute Gasteiger partial charge is 0.335 e. The van der Waals surface area contributed by atoms with Crippen LogP contribution in [0.2, 0.25) is 0 Å². The lowest BCUT2D eigenvalue weighted by Gasteiger charge is -2.07. The minimum absolute atomic E-state index is 0.0285. The first kappa shape index (κ1) is 13.6. The molecule has 1 amide bonds. The Kier molecular flexibility index (Phi) is 3.69. The van der Waals surface area contributed by atoms with E-state index in [0.29, 0.717) is 0 Å². The van der Waals surface area contributed by atoms with Crippen LogP contribution in [0.15, 0.2) is 36.5 Å². The summed E-state index contributed by atoms with van der Waals surface area (Å²) >= 11 is 0. The molecule has 0 saturated heterocycles. The molecule has 2 aromatic rings. The molecule has 0 aliphatic carbocycles. The van der Waals surface area contributed by atoms with Gasteiger partial charge in [0.05, 0.1) is 11.3 Å². The summed E-state index contributed by atoms with van der Waals surface area (Å²) in [6.07, 6.45) is 1.11. The van der Waals surface area contributed by atoms with Gasteiger partial charge in [0.2, 0.25) is 5.95 Å². The summed E-state index contributed by atoms with van der Waals surface area (Å²) in [5.74, 6) is -3.74. The van der Waals surface area contributed by atoms with Gasteiger partial charge in [0.25, 0.3) is 5.91 Å². The van der Waals surface area contributed by atoms with Gasteiger partial charge in [0.15, 0.2) is 0 Å². The second-order valence-corrected chi connectivity index (χ2v) is 3.82. The Labute approximate surface area is 111 Å². The fraction of sp³-hybridized carbons (Fsp3) is 0. The van der Waals surface area contributed by atoms with E-state index in [2.05, 4.69) is 10.3 Å². The minimum atomic E-state index is -1.28. The predicted molar refractivity (Wildman–Crippen MR) is 65.5 cm³/mol. The van der Waals surface area contributed by atoms with Gasteiger partial charge < -0.3 is 10.4 Å². The van der Waals surface area contributed by atoms with Crippen molar-refractivity contribution in [3.05, 3.63) is 59.4 Å². The number of benzene rings is 1. The molecule has 0 radical (unpaired) electrons. The van der Waals surface area contributed by atoms with Crippen LogP contribution in [-0.2, 0) is 0 Å². The number of amides is 1. The molecule has 0 spiro atoms. The van der Waals surface area contributed by atoms with Crippen molar-refractivity contribution in [3.63, 3.8) is 0 Å². The Bertz CT molecular complexity index is 689. The average molecular weight is 278 g/mol. The van der Waals surface area contributed by atoms with Gasteiger partial charge in [-0.2, -0.15) is 4.39 Å². The zero-order valence-corrected chi connectivity index (χ0v) is 9.93. The van der Waals surface area contributed by atoms with Crippen LogP contribution in [0.4, 0.5) is 14.5 Å². The van der Waals surface area contributed by atoms with E-state index in [1.54, 1.807) is 0 Å². The van der Waals surface area contributed by atoms with E-state index >= 15 is 0 Å². The molecule has 1 heterocycles. The number of carbonyl (C=O) groups is 2. The standard InChI is InChI=1S/C13H8F2N2O3/c14-9-5-8(13(19)20)1-2-10(9)17-12(18)7-3-4-16-11(15)6-7/h1-6H,(H,17,18)(H,19,20). The summed E-state index contributed by atoms with van der Waals surface area (Å²) in [5, 5.41) is 10.9. The number of halogens is 2. The fourth-order valence-corrected chi connectivity index (χ4v) is 1.49. The van der Waals surface area contributed by atoms with Crippen molar-refractivity contribution in [1.82, 2.24) is 4.98 Å². The predicted octanol–water partition coefficient (Wildman–Crippen LogP) is 2.31. The highest BCUT2D eigenvalue weighted by atomic mass is 19.1. The number of hydrogen-bond donors (Lipinski definition) is 2. The first-order chi connectivity index (χ1) is 9.47. The molecule has 7 heteroatoms. The van der Waals surface area contributed by atoms with Crippen LogP contribution in [-0.4, -0.2) is 22.0 Å². The van der Waals surface area contributed by atoms with E-state index in [-0.39, 0.29) is 16.8 Å². The SMILES string of the molecule is O=C(O)c1ccc(NC(=O)c2ccnc(F)c2)c(F)c1. The Balaban J connectivity index is 2.22. The highest BCUT2D eigenvalue weighted by Crippen LogP contribution is 2.17. The number of carboxylic acid groups (broad SMARTS) is 1. The Hall–Kier alpha value is -2.83. The van der Waals surface area contributed by atoms with E-state index in [1.807, 2.05) is 0 Å². The zero-order chi connectivity index (χ0) is 14.7. The molecular formula is C13H8F2N2O3. The number of aromatic carboxylic acids is 1. The Morgan fingerprint density at radius 1 is 1.10 bits per heavy atom. The molecule has 1 aromatic carbocycles. The maximum Gasteiger partial charge on any atom is 0.335 e. The van der Waals surface area contributed by atoms with Crippen molar-refractivity contribution >= 4 is 17.6 Å². The van der Waals surface area contributed by atoms with Crippen LogP contribution in [0, 0.1) is 11.8 Å². The second-order valence-electron chi connectivity index (χ2n) is 3.82. The van der Waals surface area contributed by atoms with Crippen molar-refractivity contribution in [2.75, 3.05) is 5.32 Å². The lowest BCUT2D eigenvalue weighted by molar-refractivity contribution is 0.0696. The number of rotatable bonds is 3. The maximum absolute atomic E-state index is 13.6. The average Bonchev–Trinajstić information content (AvgIpc) is 2.40. The molecule has 2 rings (SSSR count). The van der Waals surface area contributed by atoms with Gasteiger partial charge in [0.1, 0.15) is 5.82 Å². The molecule has 0 aliphatic rings. The number of aromatic nitrogens is 1. The highest BCUT2D eigenvalue weighted by molar-refractivity contribution is 6.04. The van der Waals surface area contributed by atoms with Crippen molar-refractivity contribution < 1.29 is 23.5 Å². The van der Waals surface area contributed by atoms with Crippen LogP contribution in [0.5, 0.6) is 0 Å². The Morgan fingerprint density at radius 2 is 1.85 bits per heavy atom. The molecule has 0 unspecified atom stereocenters. The molecule has 20 heavy (non-hydrogen) atoms. The molecular weight excluding hydrogens is 270 g/mol. The van der Waals surface area contributed by atoms with Crippen LogP contribution in [0.3, 0.4) is 0 Å². The van der Waals surface area contributed by atoms with Crippen LogP contribution in [0.25, 0.3) is 0 Å².